The molecule has 0 atom stereocenters. The number of aliphatic hydroxyl groups is 1. The lowest BCUT2D eigenvalue weighted by molar-refractivity contribution is -0.192. The predicted octanol–water partition coefficient (Wildman–Crippen LogP) is 4.54. The van der Waals surface area contributed by atoms with Gasteiger partial charge >= 0.3 is 12.1 Å². The molecule has 26 heavy (non-hydrogen) atoms. The minimum atomic E-state index is -5.08. The molecule has 5 nitrogen and oxygen atoms in total. The van der Waals surface area contributed by atoms with Crippen LogP contribution in [0.25, 0.3) is 16.9 Å². The number of carboxylic acid groups (broad SMARTS) is 1. The third-order valence-electron chi connectivity index (χ3n) is 3.20. The van der Waals surface area contributed by atoms with Crippen LogP contribution in [0, 0.1) is 0 Å². The lowest BCUT2D eigenvalue weighted by atomic mass is 10.1. The molecule has 0 aliphatic heterocycles. The van der Waals surface area contributed by atoms with E-state index in [9.17, 15) is 18.3 Å². The number of rotatable bonds is 2. The van der Waals surface area contributed by atoms with Crippen LogP contribution in [-0.4, -0.2) is 31.7 Å². The number of aromatic nitrogens is 2. The maximum Gasteiger partial charge on any atom is 0.490 e. The fraction of sp³-hybridized carbons (Fsp3) is 0.125. The highest BCUT2D eigenvalue weighted by atomic mass is 79.9. The van der Waals surface area contributed by atoms with E-state index < -0.39 is 12.1 Å². The summed E-state index contributed by atoms with van der Waals surface area (Å²) in [6.07, 6.45) is -3.27. The summed E-state index contributed by atoms with van der Waals surface area (Å²) in [6, 6.07) is 11.4. The molecule has 0 bridgehead atoms. The average Bonchev–Trinajstić information content (AvgIpc) is 2.92. The zero-order chi connectivity index (χ0) is 19.5. The molecule has 0 saturated carbocycles. The molecule has 0 unspecified atom stereocenters. The summed E-state index contributed by atoms with van der Waals surface area (Å²) >= 11 is 9.37. The Morgan fingerprint density at radius 1 is 1.23 bits per heavy atom. The molecule has 0 aliphatic carbocycles. The second kappa shape index (κ2) is 8.07. The van der Waals surface area contributed by atoms with Gasteiger partial charge in [-0.05, 0) is 18.2 Å². The summed E-state index contributed by atoms with van der Waals surface area (Å²) in [7, 11) is 0. The van der Waals surface area contributed by atoms with Gasteiger partial charge < -0.3 is 14.6 Å². The van der Waals surface area contributed by atoms with E-state index >= 15 is 0 Å². The number of aliphatic hydroxyl groups excluding tert-OH is 1. The van der Waals surface area contributed by atoms with Gasteiger partial charge in [-0.2, -0.15) is 13.2 Å². The van der Waals surface area contributed by atoms with E-state index in [2.05, 4.69) is 20.9 Å². The molecule has 0 amide bonds. The van der Waals surface area contributed by atoms with Crippen molar-refractivity contribution in [3.63, 3.8) is 0 Å². The van der Waals surface area contributed by atoms with Crippen molar-refractivity contribution in [2.45, 2.75) is 12.8 Å². The second-order valence-corrected chi connectivity index (χ2v) is 6.30. The first kappa shape index (κ1) is 20.2. The first-order valence-electron chi connectivity index (χ1n) is 6.97. The molecule has 10 heteroatoms. The molecule has 0 radical (unpaired) electrons. The van der Waals surface area contributed by atoms with Gasteiger partial charge in [-0.1, -0.05) is 39.7 Å². The van der Waals surface area contributed by atoms with Gasteiger partial charge in [0.15, 0.2) is 0 Å². The van der Waals surface area contributed by atoms with E-state index in [0.717, 1.165) is 27.1 Å². The molecule has 2 aromatic heterocycles. The van der Waals surface area contributed by atoms with E-state index in [1.54, 1.807) is 12.1 Å². The van der Waals surface area contributed by atoms with Crippen LogP contribution in [0.1, 0.15) is 5.69 Å². The number of hydrogen-bond acceptors (Lipinski definition) is 3. The number of carbonyl (C=O) groups is 1. The molecule has 0 spiro atoms. The Balaban J connectivity index is 0.000000298. The Hall–Kier alpha value is -2.10. The minimum Gasteiger partial charge on any atom is -0.475 e. The van der Waals surface area contributed by atoms with E-state index in [1.807, 2.05) is 34.9 Å². The number of pyridine rings is 1. The number of nitrogens with zero attached hydrogens (tertiary/aromatic N) is 2. The molecule has 3 rings (SSSR count). The van der Waals surface area contributed by atoms with Crippen molar-refractivity contribution in [1.82, 2.24) is 9.38 Å². The molecule has 0 aliphatic rings. The summed E-state index contributed by atoms with van der Waals surface area (Å²) in [5.41, 5.74) is 3.23. The topological polar surface area (TPSA) is 74.8 Å². The van der Waals surface area contributed by atoms with Gasteiger partial charge in [0.1, 0.15) is 5.65 Å². The Morgan fingerprint density at radius 3 is 2.31 bits per heavy atom. The Kier molecular flexibility index (Phi) is 6.27. The zero-order valence-corrected chi connectivity index (χ0v) is 15.2. The average molecular weight is 452 g/mol. The number of benzene rings is 1. The number of fused-ring (bicyclic) bond motifs is 1. The fourth-order valence-corrected chi connectivity index (χ4v) is 2.48. The van der Waals surface area contributed by atoms with Crippen molar-refractivity contribution in [2.24, 2.45) is 0 Å². The van der Waals surface area contributed by atoms with Crippen LogP contribution in [0.5, 0.6) is 0 Å². The van der Waals surface area contributed by atoms with Crippen molar-refractivity contribution in [1.29, 1.82) is 0 Å². The molecule has 0 saturated heterocycles. The standard InChI is InChI=1S/C14H10BrClN2O.C2HF3O2/c15-10-3-1-9(2-4-10)14-12(8-19)18-6-5-11(16)7-13(18)17-14;3-2(4,5)1(6)7/h1-7,19H,8H2;(H,6,7). The molecule has 2 heterocycles. The van der Waals surface area contributed by atoms with Crippen molar-refractivity contribution in [3.8, 4) is 11.3 Å². The normalized spacial score (nSPS) is 11.2. The fourth-order valence-electron chi connectivity index (χ4n) is 2.06. The number of hydrogen-bond donors (Lipinski definition) is 2. The van der Waals surface area contributed by atoms with Gasteiger partial charge in [-0.3, -0.25) is 0 Å². The van der Waals surface area contributed by atoms with Crippen LogP contribution in [0.15, 0.2) is 47.1 Å². The third kappa shape index (κ3) is 4.75. The number of halogens is 5. The van der Waals surface area contributed by atoms with Gasteiger partial charge in [0.05, 0.1) is 18.0 Å². The number of alkyl halides is 3. The first-order valence-corrected chi connectivity index (χ1v) is 8.14. The monoisotopic (exact) mass is 450 g/mol. The zero-order valence-electron chi connectivity index (χ0n) is 12.8. The summed E-state index contributed by atoms with van der Waals surface area (Å²) in [5, 5.41) is 17.3. The summed E-state index contributed by atoms with van der Waals surface area (Å²) in [5.74, 6) is -2.76. The SMILES string of the molecule is O=C(O)C(F)(F)F.OCc1c(-c2ccc(Br)cc2)nc2cc(Cl)ccn12. The van der Waals surface area contributed by atoms with Gasteiger partial charge in [0, 0.05) is 27.3 Å². The van der Waals surface area contributed by atoms with Crippen molar-refractivity contribution in [2.75, 3.05) is 0 Å². The maximum absolute atomic E-state index is 10.6. The van der Waals surface area contributed by atoms with Gasteiger partial charge in [-0.25, -0.2) is 9.78 Å². The highest BCUT2D eigenvalue weighted by Crippen LogP contribution is 2.27. The molecule has 3 aromatic rings. The van der Waals surface area contributed by atoms with Crippen molar-refractivity contribution >= 4 is 39.1 Å². The summed E-state index contributed by atoms with van der Waals surface area (Å²) in [4.78, 5) is 13.4. The maximum atomic E-state index is 10.6. The van der Waals surface area contributed by atoms with Gasteiger partial charge in [0.2, 0.25) is 0 Å². The van der Waals surface area contributed by atoms with Crippen LogP contribution < -0.4 is 0 Å². The van der Waals surface area contributed by atoms with Crippen LogP contribution in [-0.2, 0) is 11.4 Å². The van der Waals surface area contributed by atoms with Crippen LogP contribution >= 0.6 is 27.5 Å². The van der Waals surface area contributed by atoms with Crippen LogP contribution in [0.4, 0.5) is 13.2 Å². The largest absolute Gasteiger partial charge is 0.490 e. The lowest BCUT2D eigenvalue weighted by Gasteiger charge is -2.02. The molecular formula is C16H11BrClF3N2O3. The lowest BCUT2D eigenvalue weighted by Crippen LogP contribution is -2.21. The molecule has 138 valence electrons. The second-order valence-electron chi connectivity index (χ2n) is 4.95. The van der Waals surface area contributed by atoms with Gasteiger partial charge in [-0.15, -0.1) is 0 Å². The smallest absolute Gasteiger partial charge is 0.475 e. The van der Waals surface area contributed by atoms with Crippen LogP contribution in [0.2, 0.25) is 5.02 Å². The van der Waals surface area contributed by atoms with Crippen molar-refractivity contribution in [3.05, 3.63) is 57.8 Å². The summed E-state index contributed by atoms with van der Waals surface area (Å²) in [6.45, 7) is -0.0752. The first-order chi connectivity index (χ1) is 12.1. The number of carboxylic acids is 1. The Bertz CT molecular complexity index is 927. The van der Waals surface area contributed by atoms with Crippen molar-refractivity contribution < 1.29 is 28.2 Å². The Morgan fingerprint density at radius 2 is 1.81 bits per heavy atom. The molecule has 1 aromatic carbocycles. The quantitative estimate of drug-likeness (QED) is 0.600. The van der Waals surface area contributed by atoms with Crippen LogP contribution in [0.3, 0.4) is 0 Å². The highest BCUT2D eigenvalue weighted by molar-refractivity contribution is 9.10. The summed E-state index contributed by atoms with van der Waals surface area (Å²) < 4.78 is 34.6. The van der Waals surface area contributed by atoms with E-state index in [0.29, 0.717) is 5.02 Å². The molecule has 0 fully saturated rings. The Labute approximate surface area is 158 Å². The highest BCUT2D eigenvalue weighted by Gasteiger charge is 2.38. The number of imidazole rings is 1. The predicted molar refractivity (Wildman–Crippen MR) is 93.0 cm³/mol. The van der Waals surface area contributed by atoms with E-state index in [1.165, 1.54) is 0 Å². The van der Waals surface area contributed by atoms with Gasteiger partial charge in [0.25, 0.3) is 0 Å². The van der Waals surface area contributed by atoms with E-state index in [4.69, 9.17) is 21.5 Å². The molecular weight excluding hydrogens is 441 g/mol. The van der Waals surface area contributed by atoms with E-state index in [-0.39, 0.29) is 6.61 Å². The number of aliphatic carboxylic acids is 1. The molecule has 2 N–H and O–H groups in total. The minimum absolute atomic E-state index is 0.0752. The third-order valence-corrected chi connectivity index (χ3v) is 3.96.